The van der Waals surface area contributed by atoms with Gasteiger partial charge in [0.25, 0.3) is 0 Å². The van der Waals surface area contributed by atoms with E-state index in [9.17, 15) is 9.90 Å². The normalized spacial score (nSPS) is 10.0. The van der Waals surface area contributed by atoms with Gasteiger partial charge in [0.1, 0.15) is 17.2 Å². The second-order valence-electron chi connectivity index (χ2n) is 3.73. The summed E-state index contributed by atoms with van der Waals surface area (Å²) in [4.78, 5) is 11.3. The van der Waals surface area contributed by atoms with Crippen LogP contribution in [-0.2, 0) is 4.74 Å². The predicted octanol–water partition coefficient (Wildman–Crippen LogP) is 3.62. The number of hydrogen-bond acceptors (Lipinski definition) is 4. The van der Waals surface area contributed by atoms with E-state index in [-0.39, 0.29) is 5.75 Å². The number of halogens is 1. The minimum Gasteiger partial charge on any atom is -0.508 e. The number of hydrogen-bond donors (Lipinski definition) is 1. The standard InChI is InChI=1S/C14H11ClO4/c1-18-14(17)9-2-5-11(6-3-9)19-13-7-4-10(16)8-12(13)15/h2-8,16H,1H3. The zero-order valence-corrected chi connectivity index (χ0v) is 10.8. The summed E-state index contributed by atoms with van der Waals surface area (Å²) >= 11 is 5.92. The predicted molar refractivity (Wildman–Crippen MR) is 71.0 cm³/mol. The van der Waals surface area contributed by atoms with Gasteiger partial charge in [0.15, 0.2) is 0 Å². The highest BCUT2D eigenvalue weighted by Crippen LogP contribution is 2.32. The summed E-state index contributed by atoms with van der Waals surface area (Å²) in [7, 11) is 1.32. The van der Waals surface area contributed by atoms with Crippen molar-refractivity contribution in [1.82, 2.24) is 0 Å². The van der Waals surface area contributed by atoms with E-state index in [1.165, 1.54) is 19.2 Å². The molecule has 0 unspecified atom stereocenters. The van der Waals surface area contributed by atoms with Crippen LogP contribution in [-0.4, -0.2) is 18.2 Å². The number of phenolic OH excluding ortho intramolecular Hbond substituents is 1. The Morgan fingerprint density at radius 3 is 2.42 bits per heavy atom. The fourth-order valence-electron chi connectivity index (χ4n) is 1.48. The van der Waals surface area contributed by atoms with E-state index in [0.717, 1.165) is 0 Å². The van der Waals surface area contributed by atoms with Crippen LogP contribution in [0.25, 0.3) is 0 Å². The molecule has 0 fully saturated rings. The maximum Gasteiger partial charge on any atom is 0.337 e. The van der Waals surface area contributed by atoms with Gasteiger partial charge in [0, 0.05) is 6.07 Å². The molecule has 0 heterocycles. The van der Waals surface area contributed by atoms with Crippen LogP contribution in [0.1, 0.15) is 10.4 Å². The van der Waals surface area contributed by atoms with E-state index < -0.39 is 5.97 Å². The molecule has 0 saturated heterocycles. The smallest absolute Gasteiger partial charge is 0.337 e. The SMILES string of the molecule is COC(=O)c1ccc(Oc2ccc(O)cc2Cl)cc1. The number of rotatable bonds is 3. The van der Waals surface area contributed by atoms with Gasteiger partial charge in [-0.3, -0.25) is 0 Å². The van der Waals surface area contributed by atoms with Crippen LogP contribution < -0.4 is 4.74 Å². The van der Waals surface area contributed by atoms with Crippen molar-refractivity contribution in [3.8, 4) is 17.2 Å². The second-order valence-corrected chi connectivity index (χ2v) is 4.14. The zero-order chi connectivity index (χ0) is 13.8. The third-order valence-corrected chi connectivity index (χ3v) is 2.71. The fourth-order valence-corrected chi connectivity index (χ4v) is 1.69. The van der Waals surface area contributed by atoms with E-state index in [0.29, 0.717) is 22.1 Å². The van der Waals surface area contributed by atoms with Crippen LogP contribution in [0.3, 0.4) is 0 Å². The molecule has 0 atom stereocenters. The van der Waals surface area contributed by atoms with Crippen LogP contribution >= 0.6 is 11.6 Å². The molecule has 2 aromatic rings. The molecule has 0 saturated carbocycles. The Morgan fingerprint density at radius 1 is 1.16 bits per heavy atom. The summed E-state index contributed by atoms with van der Waals surface area (Å²) in [5.74, 6) is 0.609. The van der Waals surface area contributed by atoms with Crippen molar-refractivity contribution in [3.05, 3.63) is 53.1 Å². The molecule has 0 bridgehead atoms. The first-order valence-corrected chi connectivity index (χ1v) is 5.82. The molecule has 0 aliphatic rings. The van der Waals surface area contributed by atoms with E-state index in [1.807, 2.05) is 0 Å². The van der Waals surface area contributed by atoms with Crippen molar-refractivity contribution >= 4 is 17.6 Å². The highest BCUT2D eigenvalue weighted by molar-refractivity contribution is 6.32. The van der Waals surface area contributed by atoms with E-state index >= 15 is 0 Å². The summed E-state index contributed by atoms with van der Waals surface area (Å²) in [5, 5.41) is 9.54. The molecule has 2 rings (SSSR count). The van der Waals surface area contributed by atoms with Gasteiger partial charge >= 0.3 is 5.97 Å². The third kappa shape index (κ3) is 3.17. The van der Waals surface area contributed by atoms with Crippen molar-refractivity contribution in [2.45, 2.75) is 0 Å². The first-order chi connectivity index (χ1) is 9.10. The second kappa shape index (κ2) is 5.63. The van der Waals surface area contributed by atoms with Gasteiger partial charge in [0.05, 0.1) is 17.7 Å². The number of carbonyl (C=O) groups excluding carboxylic acids is 1. The number of ether oxygens (including phenoxy) is 2. The Hall–Kier alpha value is -2.20. The van der Waals surface area contributed by atoms with Gasteiger partial charge in [-0.2, -0.15) is 0 Å². The van der Waals surface area contributed by atoms with Crippen LogP contribution in [0.5, 0.6) is 17.2 Å². The van der Waals surface area contributed by atoms with Crippen LogP contribution in [0.4, 0.5) is 0 Å². The minimum atomic E-state index is -0.408. The van der Waals surface area contributed by atoms with Gasteiger partial charge in [-0.25, -0.2) is 4.79 Å². The highest BCUT2D eigenvalue weighted by atomic mass is 35.5. The quantitative estimate of drug-likeness (QED) is 0.871. The molecule has 19 heavy (non-hydrogen) atoms. The molecule has 0 aromatic heterocycles. The largest absolute Gasteiger partial charge is 0.508 e. The lowest BCUT2D eigenvalue weighted by Crippen LogP contribution is -2.00. The molecule has 0 aliphatic carbocycles. The Bertz CT molecular complexity index is 593. The summed E-state index contributed by atoms with van der Waals surface area (Å²) in [6.07, 6.45) is 0. The first kappa shape index (κ1) is 13.2. The van der Waals surface area contributed by atoms with E-state index in [1.54, 1.807) is 30.3 Å². The lowest BCUT2D eigenvalue weighted by atomic mass is 10.2. The Morgan fingerprint density at radius 2 is 1.84 bits per heavy atom. The van der Waals surface area contributed by atoms with Crippen molar-refractivity contribution in [2.24, 2.45) is 0 Å². The molecule has 4 nitrogen and oxygen atoms in total. The molecule has 2 aromatic carbocycles. The maximum atomic E-state index is 11.3. The van der Waals surface area contributed by atoms with Crippen molar-refractivity contribution < 1.29 is 19.4 Å². The lowest BCUT2D eigenvalue weighted by Gasteiger charge is -2.08. The van der Waals surface area contributed by atoms with Gasteiger partial charge in [0.2, 0.25) is 0 Å². The summed E-state index contributed by atoms with van der Waals surface area (Å²) < 4.78 is 10.1. The average molecular weight is 279 g/mol. The first-order valence-electron chi connectivity index (χ1n) is 5.45. The van der Waals surface area contributed by atoms with Crippen molar-refractivity contribution in [1.29, 1.82) is 0 Å². The van der Waals surface area contributed by atoms with Crippen LogP contribution in [0.15, 0.2) is 42.5 Å². The topological polar surface area (TPSA) is 55.8 Å². The Kier molecular flexibility index (Phi) is 3.92. The maximum absolute atomic E-state index is 11.3. The number of esters is 1. The van der Waals surface area contributed by atoms with Crippen molar-refractivity contribution in [2.75, 3.05) is 7.11 Å². The molecule has 0 aliphatic heterocycles. The molecule has 5 heteroatoms. The number of aromatic hydroxyl groups is 1. The number of methoxy groups -OCH3 is 1. The highest BCUT2D eigenvalue weighted by Gasteiger charge is 2.07. The number of carbonyl (C=O) groups is 1. The zero-order valence-electron chi connectivity index (χ0n) is 10.1. The Balaban J connectivity index is 2.17. The summed E-state index contributed by atoms with van der Waals surface area (Å²) in [6, 6.07) is 10.9. The molecular weight excluding hydrogens is 268 g/mol. The molecule has 0 radical (unpaired) electrons. The minimum absolute atomic E-state index is 0.0680. The van der Waals surface area contributed by atoms with Crippen LogP contribution in [0.2, 0.25) is 5.02 Å². The summed E-state index contributed by atoms with van der Waals surface area (Å²) in [5.41, 5.74) is 0.437. The van der Waals surface area contributed by atoms with Gasteiger partial charge in [-0.15, -0.1) is 0 Å². The van der Waals surface area contributed by atoms with Gasteiger partial charge < -0.3 is 14.6 Å². The summed E-state index contributed by atoms with van der Waals surface area (Å²) in [6.45, 7) is 0. The van der Waals surface area contributed by atoms with Crippen LogP contribution in [0, 0.1) is 0 Å². The fraction of sp³-hybridized carbons (Fsp3) is 0.0714. The number of phenols is 1. The number of benzene rings is 2. The van der Waals surface area contributed by atoms with E-state index in [2.05, 4.69) is 4.74 Å². The Labute approximate surface area is 115 Å². The monoisotopic (exact) mass is 278 g/mol. The van der Waals surface area contributed by atoms with E-state index in [4.69, 9.17) is 16.3 Å². The average Bonchev–Trinajstić information content (AvgIpc) is 2.42. The van der Waals surface area contributed by atoms with Gasteiger partial charge in [-0.05, 0) is 36.4 Å². The molecule has 0 amide bonds. The molecular formula is C14H11ClO4. The van der Waals surface area contributed by atoms with Crippen molar-refractivity contribution in [3.63, 3.8) is 0 Å². The lowest BCUT2D eigenvalue weighted by molar-refractivity contribution is 0.0600. The molecule has 98 valence electrons. The third-order valence-electron chi connectivity index (χ3n) is 2.42. The molecule has 0 spiro atoms. The molecule has 1 N–H and O–H groups in total. The van der Waals surface area contributed by atoms with Gasteiger partial charge in [-0.1, -0.05) is 11.6 Å².